The zero-order valence-electron chi connectivity index (χ0n) is 12.7. The van der Waals surface area contributed by atoms with E-state index >= 15 is 0 Å². The molecule has 1 saturated heterocycles. The van der Waals surface area contributed by atoms with Crippen LogP contribution in [0.5, 0.6) is 0 Å². The predicted molar refractivity (Wildman–Crippen MR) is 81.9 cm³/mol. The summed E-state index contributed by atoms with van der Waals surface area (Å²) in [4.78, 5) is 18.9. The number of piperidine rings is 1. The SMILES string of the molecule is Nc1ncc(CN2CCC[C@]3(CCC[C@H]3O)C2)cn1.O=CO. The fraction of sp³-hybridized carbons (Fsp3) is 0.667. The molecule has 3 rings (SSSR count). The third-order valence-corrected chi connectivity index (χ3v) is 4.68. The lowest BCUT2D eigenvalue weighted by atomic mass is 9.76. The topological polar surface area (TPSA) is 113 Å². The average molecular weight is 308 g/mol. The Hall–Kier alpha value is -1.73. The molecule has 0 aromatic carbocycles. The summed E-state index contributed by atoms with van der Waals surface area (Å²) >= 11 is 0. The summed E-state index contributed by atoms with van der Waals surface area (Å²) in [7, 11) is 0. The zero-order chi connectivity index (χ0) is 16.0. The van der Waals surface area contributed by atoms with Crippen LogP contribution in [-0.2, 0) is 11.3 Å². The van der Waals surface area contributed by atoms with Crippen molar-refractivity contribution in [3.8, 4) is 0 Å². The zero-order valence-corrected chi connectivity index (χ0v) is 12.7. The minimum Gasteiger partial charge on any atom is -0.483 e. The van der Waals surface area contributed by atoms with Crippen molar-refractivity contribution >= 4 is 12.4 Å². The Bertz CT molecular complexity index is 482. The van der Waals surface area contributed by atoms with Crippen LogP contribution in [0.4, 0.5) is 5.95 Å². The van der Waals surface area contributed by atoms with E-state index in [0.29, 0.717) is 5.95 Å². The molecule has 1 spiro atoms. The summed E-state index contributed by atoms with van der Waals surface area (Å²) in [6, 6.07) is 0. The van der Waals surface area contributed by atoms with Crippen molar-refractivity contribution in [3.05, 3.63) is 18.0 Å². The van der Waals surface area contributed by atoms with E-state index in [0.717, 1.165) is 31.6 Å². The molecular weight excluding hydrogens is 284 g/mol. The maximum atomic E-state index is 10.3. The molecule has 122 valence electrons. The van der Waals surface area contributed by atoms with Gasteiger partial charge < -0.3 is 15.9 Å². The van der Waals surface area contributed by atoms with Gasteiger partial charge in [0.25, 0.3) is 6.47 Å². The highest BCUT2D eigenvalue weighted by Crippen LogP contribution is 2.45. The second-order valence-corrected chi connectivity index (χ2v) is 6.14. The molecule has 2 fully saturated rings. The number of nitrogen functional groups attached to an aromatic ring is 1. The summed E-state index contributed by atoms with van der Waals surface area (Å²) < 4.78 is 0. The smallest absolute Gasteiger partial charge is 0.290 e. The molecule has 0 radical (unpaired) electrons. The number of carbonyl (C=O) groups is 1. The first-order chi connectivity index (χ1) is 10.6. The molecule has 1 aromatic rings. The molecule has 1 aliphatic heterocycles. The lowest BCUT2D eigenvalue weighted by molar-refractivity contribution is -0.122. The highest BCUT2D eigenvalue weighted by molar-refractivity contribution is 5.32. The number of anilines is 1. The molecular formula is C15H24N4O3. The number of aliphatic hydroxyl groups is 1. The van der Waals surface area contributed by atoms with Gasteiger partial charge in [-0.15, -0.1) is 0 Å². The molecule has 1 aromatic heterocycles. The number of nitrogens with two attached hydrogens (primary N) is 1. The second-order valence-electron chi connectivity index (χ2n) is 6.14. The fourth-order valence-electron chi connectivity index (χ4n) is 3.69. The van der Waals surface area contributed by atoms with Gasteiger partial charge in [0.1, 0.15) is 0 Å². The fourth-order valence-corrected chi connectivity index (χ4v) is 3.69. The molecule has 2 aliphatic rings. The molecule has 7 nitrogen and oxygen atoms in total. The lowest BCUT2D eigenvalue weighted by Crippen LogP contribution is -2.46. The van der Waals surface area contributed by atoms with Gasteiger partial charge >= 0.3 is 0 Å². The van der Waals surface area contributed by atoms with Gasteiger partial charge in [-0.1, -0.05) is 6.42 Å². The van der Waals surface area contributed by atoms with Crippen molar-refractivity contribution < 1.29 is 15.0 Å². The van der Waals surface area contributed by atoms with Crippen LogP contribution in [0.1, 0.15) is 37.7 Å². The van der Waals surface area contributed by atoms with Gasteiger partial charge in [-0.05, 0) is 32.2 Å². The van der Waals surface area contributed by atoms with E-state index in [1.807, 2.05) is 0 Å². The molecule has 2 heterocycles. The van der Waals surface area contributed by atoms with Crippen molar-refractivity contribution in [2.75, 3.05) is 18.8 Å². The molecule has 0 bridgehead atoms. The molecule has 7 heteroatoms. The van der Waals surface area contributed by atoms with Gasteiger partial charge in [0.15, 0.2) is 0 Å². The average Bonchev–Trinajstić information content (AvgIpc) is 2.83. The van der Waals surface area contributed by atoms with Gasteiger partial charge in [0.2, 0.25) is 5.95 Å². The Morgan fingerprint density at radius 3 is 2.59 bits per heavy atom. The molecule has 1 saturated carbocycles. The van der Waals surface area contributed by atoms with E-state index in [2.05, 4.69) is 14.9 Å². The quantitative estimate of drug-likeness (QED) is 0.695. The van der Waals surface area contributed by atoms with Crippen molar-refractivity contribution in [2.24, 2.45) is 5.41 Å². The monoisotopic (exact) mass is 308 g/mol. The summed E-state index contributed by atoms with van der Waals surface area (Å²) in [6.07, 6.45) is 9.14. The first-order valence-corrected chi connectivity index (χ1v) is 7.64. The van der Waals surface area contributed by atoms with Gasteiger partial charge in [-0.25, -0.2) is 9.97 Å². The van der Waals surface area contributed by atoms with E-state index in [9.17, 15) is 5.11 Å². The maximum absolute atomic E-state index is 10.3. The van der Waals surface area contributed by atoms with Crippen LogP contribution < -0.4 is 5.73 Å². The minimum atomic E-state index is -0.250. The number of rotatable bonds is 2. The third kappa shape index (κ3) is 3.92. The summed E-state index contributed by atoms with van der Waals surface area (Å²) in [6.45, 7) is 2.70. The number of carboxylic acid groups (broad SMARTS) is 1. The van der Waals surface area contributed by atoms with E-state index in [1.54, 1.807) is 12.4 Å². The summed E-state index contributed by atoms with van der Waals surface area (Å²) in [5.41, 5.74) is 6.75. The van der Waals surface area contributed by atoms with Gasteiger partial charge in [0.05, 0.1) is 6.10 Å². The first kappa shape index (κ1) is 16.6. The number of hydrogen-bond donors (Lipinski definition) is 3. The first-order valence-electron chi connectivity index (χ1n) is 7.64. The number of likely N-dealkylation sites (tertiary alicyclic amines) is 1. The molecule has 4 N–H and O–H groups in total. The van der Waals surface area contributed by atoms with Gasteiger partial charge in [0, 0.05) is 36.5 Å². The molecule has 0 amide bonds. The highest BCUT2D eigenvalue weighted by Gasteiger charge is 2.44. The van der Waals surface area contributed by atoms with Crippen LogP contribution in [0.15, 0.2) is 12.4 Å². The van der Waals surface area contributed by atoms with Gasteiger partial charge in [-0.3, -0.25) is 9.69 Å². The van der Waals surface area contributed by atoms with Crippen molar-refractivity contribution in [1.82, 2.24) is 14.9 Å². The van der Waals surface area contributed by atoms with Crippen LogP contribution in [0.25, 0.3) is 0 Å². The summed E-state index contributed by atoms with van der Waals surface area (Å²) in [5.74, 6) is 0.324. The largest absolute Gasteiger partial charge is 0.483 e. The van der Waals surface area contributed by atoms with E-state index < -0.39 is 0 Å². The number of aliphatic hydroxyl groups excluding tert-OH is 1. The highest BCUT2D eigenvalue weighted by atomic mass is 16.3. The van der Waals surface area contributed by atoms with Crippen LogP contribution >= 0.6 is 0 Å². The normalized spacial score (nSPS) is 28.1. The van der Waals surface area contributed by atoms with Crippen LogP contribution in [0.2, 0.25) is 0 Å². The Morgan fingerprint density at radius 1 is 1.36 bits per heavy atom. The minimum absolute atomic E-state index is 0.113. The predicted octanol–water partition coefficient (Wildman–Crippen LogP) is 0.887. The Morgan fingerprint density at radius 2 is 2.00 bits per heavy atom. The maximum Gasteiger partial charge on any atom is 0.290 e. The number of aromatic nitrogens is 2. The third-order valence-electron chi connectivity index (χ3n) is 4.68. The van der Waals surface area contributed by atoms with E-state index in [4.69, 9.17) is 15.6 Å². The summed E-state index contributed by atoms with van der Waals surface area (Å²) in [5, 5.41) is 17.1. The van der Waals surface area contributed by atoms with Crippen LogP contribution in [0, 0.1) is 5.41 Å². The Kier molecular flexibility index (Phi) is 5.68. The number of nitrogens with zero attached hydrogens (tertiary/aromatic N) is 3. The van der Waals surface area contributed by atoms with Crippen molar-refractivity contribution in [3.63, 3.8) is 0 Å². The van der Waals surface area contributed by atoms with Crippen molar-refractivity contribution in [1.29, 1.82) is 0 Å². The molecule has 0 unspecified atom stereocenters. The standard InChI is InChI=1S/C14H22N4O.CH2O2/c15-13-16-7-11(8-17-13)9-18-6-2-5-14(10-18)4-1-3-12(14)19;2-1-3/h7-8,12,19H,1-6,9-10H2,(H2,15,16,17);1H,(H,2,3)/t12-,14-;/m1./s1. The van der Waals surface area contributed by atoms with Crippen LogP contribution in [-0.4, -0.2) is 50.7 Å². The van der Waals surface area contributed by atoms with Crippen molar-refractivity contribution in [2.45, 2.75) is 44.8 Å². The second kappa shape index (κ2) is 7.51. The molecule has 2 atom stereocenters. The molecule has 22 heavy (non-hydrogen) atoms. The molecule has 1 aliphatic carbocycles. The van der Waals surface area contributed by atoms with E-state index in [1.165, 1.54) is 25.7 Å². The van der Waals surface area contributed by atoms with Crippen LogP contribution in [0.3, 0.4) is 0 Å². The lowest BCUT2D eigenvalue weighted by Gasteiger charge is -2.42. The van der Waals surface area contributed by atoms with E-state index in [-0.39, 0.29) is 18.0 Å². The Balaban J connectivity index is 0.000000545. The number of hydrogen-bond acceptors (Lipinski definition) is 6. The van der Waals surface area contributed by atoms with Gasteiger partial charge in [-0.2, -0.15) is 0 Å². The Labute approximate surface area is 130 Å².